The molecule has 0 spiro atoms. The molecule has 5 nitrogen and oxygen atoms in total. The summed E-state index contributed by atoms with van der Waals surface area (Å²) in [6, 6.07) is 7.39. The minimum atomic E-state index is -0.143. The lowest BCUT2D eigenvalue weighted by atomic mass is 10.1. The SMILES string of the molecule is CC(=O)NCc1cc2n(n1)CCN(Cc1ccc(C)cc1F)C2. The average molecular weight is 316 g/mol. The van der Waals surface area contributed by atoms with Gasteiger partial charge in [-0.15, -0.1) is 0 Å². The molecule has 122 valence electrons. The fourth-order valence-electron chi connectivity index (χ4n) is 2.84. The molecule has 1 aromatic carbocycles. The maximum Gasteiger partial charge on any atom is 0.217 e. The largest absolute Gasteiger partial charge is 0.351 e. The molecule has 0 saturated carbocycles. The molecule has 2 aromatic rings. The van der Waals surface area contributed by atoms with Crippen molar-refractivity contribution in [2.45, 2.75) is 40.0 Å². The van der Waals surface area contributed by atoms with Gasteiger partial charge in [0.05, 0.1) is 24.5 Å². The van der Waals surface area contributed by atoms with Crippen molar-refractivity contribution in [1.29, 1.82) is 0 Å². The Morgan fingerprint density at radius 2 is 2.17 bits per heavy atom. The maximum atomic E-state index is 14.0. The third-order valence-corrected chi connectivity index (χ3v) is 4.05. The second-order valence-corrected chi connectivity index (χ2v) is 6.07. The third kappa shape index (κ3) is 3.76. The number of aromatic nitrogens is 2. The number of hydrogen-bond donors (Lipinski definition) is 1. The van der Waals surface area contributed by atoms with Crippen LogP contribution in [0, 0.1) is 12.7 Å². The molecule has 0 aliphatic carbocycles. The first kappa shape index (κ1) is 15.7. The van der Waals surface area contributed by atoms with Gasteiger partial charge in [-0.05, 0) is 24.6 Å². The molecule has 3 rings (SSSR count). The molecule has 0 unspecified atom stereocenters. The molecule has 0 atom stereocenters. The first-order valence-electron chi connectivity index (χ1n) is 7.78. The monoisotopic (exact) mass is 316 g/mol. The highest BCUT2D eigenvalue weighted by molar-refractivity contribution is 5.72. The highest BCUT2D eigenvalue weighted by Crippen LogP contribution is 2.18. The maximum absolute atomic E-state index is 14.0. The van der Waals surface area contributed by atoms with E-state index in [0.29, 0.717) is 13.1 Å². The van der Waals surface area contributed by atoms with E-state index in [1.54, 1.807) is 6.07 Å². The first-order chi connectivity index (χ1) is 11.0. The second kappa shape index (κ2) is 6.50. The Balaban J connectivity index is 1.66. The Labute approximate surface area is 135 Å². The molecule has 0 saturated heterocycles. The van der Waals surface area contributed by atoms with Gasteiger partial charge >= 0.3 is 0 Å². The highest BCUT2D eigenvalue weighted by atomic mass is 19.1. The molecule has 1 amide bonds. The number of carbonyl (C=O) groups is 1. The minimum absolute atomic E-state index is 0.0626. The zero-order valence-electron chi connectivity index (χ0n) is 13.5. The Morgan fingerprint density at radius 3 is 2.91 bits per heavy atom. The predicted octanol–water partition coefficient (Wildman–Crippen LogP) is 1.98. The highest BCUT2D eigenvalue weighted by Gasteiger charge is 2.19. The van der Waals surface area contributed by atoms with Gasteiger partial charge in [-0.3, -0.25) is 14.4 Å². The Hall–Kier alpha value is -2.21. The van der Waals surface area contributed by atoms with Crippen LogP contribution in [0.1, 0.15) is 29.4 Å². The van der Waals surface area contributed by atoms with E-state index in [1.807, 2.05) is 29.8 Å². The van der Waals surface area contributed by atoms with E-state index in [0.717, 1.165) is 42.1 Å². The Kier molecular flexibility index (Phi) is 4.43. The molecule has 6 heteroatoms. The summed E-state index contributed by atoms with van der Waals surface area (Å²) < 4.78 is 16.0. The van der Waals surface area contributed by atoms with Crippen LogP contribution in [0.5, 0.6) is 0 Å². The van der Waals surface area contributed by atoms with E-state index < -0.39 is 0 Å². The summed E-state index contributed by atoms with van der Waals surface area (Å²) >= 11 is 0. The van der Waals surface area contributed by atoms with E-state index in [2.05, 4.69) is 15.3 Å². The van der Waals surface area contributed by atoms with Gasteiger partial charge in [-0.2, -0.15) is 5.10 Å². The molecule has 1 aliphatic heterocycles. The van der Waals surface area contributed by atoms with Crippen LogP contribution >= 0.6 is 0 Å². The zero-order valence-corrected chi connectivity index (χ0v) is 13.5. The predicted molar refractivity (Wildman–Crippen MR) is 85.0 cm³/mol. The number of fused-ring (bicyclic) bond motifs is 1. The van der Waals surface area contributed by atoms with Gasteiger partial charge in [0.1, 0.15) is 5.82 Å². The van der Waals surface area contributed by atoms with Crippen molar-refractivity contribution in [3.63, 3.8) is 0 Å². The topological polar surface area (TPSA) is 50.2 Å². The molecule has 1 N–H and O–H groups in total. The standard InChI is InChI=1S/C17H21FN4O/c1-12-3-4-14(17(18)7-12)10-21-5-6-22-16(11-21)8-15(20-22)9-19-13(2)23/h3-4,7-8H,5-6,9-11H2,1-2H3,(H,19,23). The molecule has 0 radical (unpaired) electrons. The van der Waals surface area contributed by atoms with E-state index in [4.69, 9.17) is 0 Å². The van der Waals surface area contributed by atoms with Crippen LogP contribution in [-0.4, -0.2) is 27.1 Å². The number of halogens is 1. The summed E-state index contributed by atoms with van der Waals surface area (Å²) in [5.74, 6) is -0.206. The van der Waals surface area contributed by atoms with Gasteiger partial charge in [0.2, 0.25) is 5.91 Å². The van der Waals surface area contributed by atoms with E-state index in [-0.39, 0.29) is 11.7 Å². The van der Waals surface area contributed by atoms with Crippen molar-refractivity contribution < 1.29 is 9.18 Å². The van der Waals surface area contributed by atoms with Crippen LogP contribution in [0.4, 0.5) is 4.39 Å². The van der Waals surface area contributed by atoms with E-state index in [9.17, 15) is 9.18 Å². The average Bonchev–Trinajstić information content (AvgIpc) is 2.90. The lowest BCUT2D eigenvalue weighted by Gasteiger charge is -2.27. The smallest absolute Gasteiger partial charge is 0.217 e. The fraction of sp³-hybridized carbons (Fsp3) is 0.412. The number of rotatable bonds is 4. The van der Waals surface area contributed by atoms with Crippen LogP contribution < -0.4 is 5.32 Å². The van der Waals surface area contributed by atoms with Crippen molar-refractivity contribution in [3.8, 4) is 0 Å². The number of aryl methyl sites for hydroxylation is 1. The molecule has 2 heterocycles. The van der Waals surface area contributed by atoms with Crippen molar-refractivity contribution in [1.82, 2.24) is 20.0 Å². The number of amides is 1. The third-order valence-electron chi connectivity index (χ3n) is 4.05. The van der Waals surface area contributed by atoms with Crippen molar-refractivity contribution >= 4 is 5.91 Å². The summed E-state index contributed by atoms with van der Waals surface area (Å²) in [7, 11) is 0. The van der Waals surface area contributed by atoms with Crippen molar-refractivity contribution in [2.75, 3.05) is 6.54 Å². The van der Waals surface area contributed by atoms with E-state index in [1.165, 1.54) is 6.92 Å². The Bertz CT molecular complexity index is 725. The molecule has 0 bridgehead atoms. The van der Waals surface area contributed by atoms with Gasteiger partial charge < -0.3 is 5.32 Å². The number of hydrogen-bond acceptors (Lipinski definition) is 3. The van der Waals surface area contributed by atoms with Gasteiger partial charge in [0.25, 0.3) is 0 Å². The quantitative estimate of drug-likeness (QED) is 0.938. The molecular formula is C17H21FN4O. The lowest BCUT2D eigenvalue weighted by molar-refractivity contribution is -0.119. The minimum Gasteiger partial charge on any atom is -0.351 e. The number of benzene rings is 1. The number of carbonyl (C=O) groups excluding carboxylic acids is 1. The van der Waals surface area contributed by atoms with Gasteiger partial charge in [-0.25, -0.2) is 4.39 Å². The van der Waals surface area contributed by atoms with Crippen molar-refractivity contribution in [2.24, 2.45) is 0 Å². The summed E-state index contributed by atoms with van der Waals surface area (Å²) in [6.45, 7) is 6.78. The van der Waals surface area contributed by atoms with Crippen LogP contribution in [0.25, 0.3) is 0 Å². The van der Waals surface area contributed by atoms with Crippen molar-refractivity contribution in [3.05, 3.63) is 52.6 Å². The summed E-state index contributed by atoms with van der Waals surface area (Å²) in [5, 5.41) is 7.25. The Morgan fingerprint density at radius 1 is 1.35 bits per heavy atom. The van der Waals surface area contributed by atoms with E-state index >= 15 is 0 Å². The summed E-state index contributed by atoms with van der Waals surface area (Å²) in [5.41, 5.74) is 3.62. The fourth-order valence-corrected chi connectivity index (χ4v) is 2.84. The van der Waals surface area contributed by atoms with Gasteiger partial charge in [0, 0.05) is 32.1 Å². The van der Waals surface area contributed by atoms with Crippen LogP contribution in [0.3, 0.4) is 0 Å². The number of nitrogens with zero attached hydrogens (tertiary/aromatic N) is 3. The first-order valence-corrected chi connectivity index (χ1v) is 7.78. The molecule has 0 fully saturated rings. The summed E-state index contributed by atoms with van der Waals surface area (Å²) in [6.07, 6.45) is 0. The lowest BCUT2D eigenvalue weighted by Crippen LogP contribution is -2.33. The van der Waals surface area contributed by atoms with Gasteiger partial charge in [-0.1, -0.05) is 12.1 Å². The summed E-state index contributed by atoms with van der Waals surface area (Å²) in [4.78, 5) is 13.2. The van der Waals surface area contributed by atoms with Gasteiger partial charge in [0.15, 0.2) is 0 Å². The second-order valence-electron chi connectivity index (χ2n) is 6.07. The molecular weight excluding hydrogens is 295 g/mol. The van der Waals surface area contributed by atoms with Crippen LogP contribution in [-0.2, 0) is 31.0 Å². The molecule has 1 aliphatic rings. The molecule has 23 heavy (non-hydrogen) atoms. The normalized spacial score (nSPS) is 14.6. The molecule has 1 aromatic heterocycles. The van der Waals surface area contributed by atoms with Crippen LogP contribution in [0.15, 0.2) is 24.3 Å². The van der Waals surface area contributed by atoms with Crippen LogP contribution in [0.2, 0.25) is 0 Å². The number of nitrogens with one attached hydrogen (secondary N) is 1. The zero-order chi connectivity index (χ0) is 16.4.